The van der Waals surface area contributed by atoms with Crippen molar-refractivity contribution in [2.45, 2.75) is 18.7 Å². The van der Waals surface area contributed by atoms with Crippen molar-refractivity contribution in [3.8, 4) is 0 Å². The Labute approximate surface area is 130 Å². The van der Waals surface area contributed by atoms with E-state index >= 15 is 0 Å². The lowest BCUT2D eigenvalue weighted by Gasteiger charge is -2.11. The fourth-order valence-corrected chi connectivity index (χ4v) is 3.28. The molecule has 0 atom stereocenters. The number of halogens is 1. The molecule has 0 heterocycles. The molecule has 0 unspecified atom stereocenters. The fraction of sp³-hybridized carbons (Fsp3) is 0.200. The maximum atomic E-state index is 12.3. The molecule has 4 nitrogen and oxygen atoms in total. The first kappa shape index (κ1) is 15.7. The van der Waals surface area contributed by atoms with Crippen molar-refractivity contribution < 1.29 is 8.42 Å². The molecule has 0 saturated heterocycles. The van der Waals surface area contributed by atoms with E-state index in [9.17, 15) is 8.42 Å². The van der Waals surface area contributed by atoms with Crippen molar-refractivity contribution in [1.82, 2.24) is 0 Å². The van der Waals surface area contributed by atoms with Crippen LogP contribution in [0, 0.1) is 6.92 Å². The molecular weight excluding hydrogens is 308 g/mol. The number of anilines is 2. The molecule has 2 aromatic rings. The molecule has 0 amide bonds. The number of sulfonamides is 1. The van der Waals surface area contributed by atoms with Crippen LogP contribution in [0.3, 0.4) is 0 Å². The molecule has 112 valence electrons. The summed E-state index contributed by atoms with van der Waals surface area (Å²) in [5, 5.41) is 3.49. The second-order valence-corrected chi connectivity index (χ2v) is 6.73. The van der Waals surface area contributed by atoms with Crippen molar-refractivity contribution in [2.75, 3.05) is 16.6 Å². The largest absolute Gasteiger partial charge is 0.385 e. The summed E-state index contributed by atoms with van der Waals surface area (Å²) in [6.45, 7) is 4.65. The number of hydrogen-bond donors (Lipinski definition) is 2. The lowest BCUT2D eigenvalue weighted by atomic mass is 10.2. The molecule has 0 aliphatic carbocycles. The molecule has 0 aliphatic rings. The maximum absolute atomic E-state index is 12.3. The van der Waals surface area contributed by atoms with E-state index in [1.165, 1.54) is 0 Å². The van der Waals surface area contributed by atoms with Crippen LogP contribution in [0.1, 0.15) is 12.5 Å². The van der Waals surface area contributed by atoms with Crippen molar-refractivity contribution >= 4 is 33.0 Å². The summed E-state index contributed by atoms with van der Waals surface area (Å²) in [6, 6.07) is 11.8. The number of aryl methyl sites for hydroxylation is 1. The lowest BCUT2D eigenvalue weighted by Crippen LogP contribution is -2.13. The average molecular weight is 325 g/mol. The molecule has 2 rings (SSSR count). The third kappa shape index (κ3) is 3.89. The minimum atomic E-state index is -3.64. The minimum Gasteiger partial charge on any atom is -0.385 e. The third-order valence-corrected chi connectivity index (χ3v) is 4.61. The van der Waals surface area contributed by atoms with E-state index in [2.05, 4.69) is 10.0 Å². The van der Waals surface area contributed by atoms with Crippen LogP contribution in [0.15, 0.2) is 47.4 Å². The molecule has 0 radical (unpaired) electrons. The van der Waals surface area contributed by atoms with E-state index in [-0.39, 0.29) is 4.90 Å². The Hall–Kier alpha value is -1.72. The van der Waals surface area contributed by atoms with Gasteiger partial charge in [0, 0.05) is 12.2 Å². The normalized spacial score (nSPS) is 11.2. The highest BCUT2D eigenvalue weighted by atomic mass is 35.5. The second kappa shape index (κ2) is 6.37. The van der Waals surface area contributed by atoms with Crippen LogP contribution < -0.4 is 10.0 Å². The summed E-state index contributed by atoms with van der Waals surface area (Å²) >= 11 is 6.05. The van der Waals surface area contributed by atoms with E-state index in [4.69, 9.17) is 11.6 Å². The summed E-state index contributed by atoms with van der Waals surface area (Å²) in [7, 11) is -3.64. The molecule has 0 bridgehead atoms. The molecule has 2 aromatic carbocycles. The smallest absolute Gasteiger partial charge is 0.261 e. The molecule has 21 heavy (non-hydrogen) atoms. The van der Waals surface area contributed by atoms with Crippen molar-refractivity contribution in [3.63, 3.8) is 0 Å². The Morgan fingerprint density at radius 3 is 2.33 bits per heavy atom. The third-order valence-electron chi connectivity index (χ3n) is 2.91. The van der Waals surface area contributed by atoms with Gasteiger partial charge in [0.25, 0.3) is 10.0 Å². The van der Waals surface area contributed by atoms with E-state index in [1.54, 1.807) is 42.5 Å². The van der Waals surface area contributed by atoms with Crippen LogP contribution in [0.5, 0.6) is 0 Å². The first-order chi connectivity index (χ1) is 9.92. The number of hydrogen-bond acceptors (Lipinski definition) is 3. The van der Waals surface area contributed by atoms with Gasteiger partial charge in [0.1, 0.15) is 0 Å². The van der Waals surface area contributed by atoms with Gasteiger partial charge < -0.3 is 5.32 Å². The number of rotatable bonds is 5. The first-order valence-electron chi connectivity index (χ1n) is 6.55. The van der Waals surface area contributed by atoms with Gasteiger partial charge in [-0.15, -0.1) is 0 Å². The van der Waals surface area contributed by atoms with Crippen LogP contribution in [0.2, 0.25) is 5.02 Å². The van der Waals surface area contributed by atoms with Crippen LogP contribution >= 0.6 is 11.6 Å². The fourth-order valence-electron chi connectivity index (χ4n) is 1.86. The Morgan fingerprint density at radius 1 is 1.10 bits per heavy atom. The van der Waals surface area contributed by atoms with Gasteiger partial charge in [-0.25, -0.2) is 8.42 Å². The zero-order chi connectivity index (χ0) is 15.5. The highest BCUT2D eigenvalue weighted by Crippen LogP contribution is 2.25. The van der Waals surface area contributed by atoms with E-state index in [0.717, 1.165) is 17.8 Å². The van der Waals surface area contributed by atoms with Gasteiger partial charge in [-0.1, -0.05) is 17.7 Å². The summed E-state index contributed by atoms with van der Waals surface area (Å²) in [6.07, 6.45) is 0. The average Bonchev–Trinajstić information content (AvgIpc) is 2.43. The van der Waals surface area contributed by atoms with Crippen LogP contribution in [0.4, 0.5) is 11.4 Å². The summed E-state index contributed by atoms with van der Waals surface area (Å²) in [5.41, 5.74) is 2.22. The zero-order valence-corrected chi connectivity index (χ0v) is 13.4. The SMILES string of the molecule is CCNc1ccc(S(=O)(=O)Nc2ccc(C)cc2Cl)cc1. The van der Waals surface area contributed by atoms with Crippen LogP contribution in [0.25, 0.3) is 0 Å². The van der Waals surface area contributed by atoms with Gasteiger partial charge in [-0.2, -0.15) is 0 Å². The van der Waals surface area contributed by atoms with Gasteiger partial charge in [-0.3, -0.25) is 4.72 Å². The lowest BCUT2D eigenvalue weighted by molar-refractivity contribution is 0.601. The van der Waals surface area contributed by atoms with E-state index in [0.29, 0.717) is 10.7 Å². The number of benzene rings is 2. The zero-order valence-electron chi connectivity index (χ0n) is 11.9. The highest BCUT2D eigenvalue weighted by Gasteiger charge is 2.15. The Balaban J connectivity index is 2.25. The van der Waals surface area contributed by atoms with Gasteiger partial charge in [0.05, 0.1) is 15.6 Å². The van der Waals surface area contributed by atoms with Crippen LogP contribution in [-0.4, -0.2) is 15.0 Å². The molecule has 2 N–H and O–H groups in total. The van der Waals surface area contributed by atoms with E-state index in [1.807, 2.05) is 13.8 Å². The van der Waals surface area contributed by atoms with E-state index < -0.39 is 10.0 Å². The topological polar surface area (TPSA) is 58.2 Å². The predicted molar refractivity (Wildman–Crippen MR) is 87.6 cm³/mol. The van der Waals surface area contributed by atoms with Gasteiger partial charge >= 0.3 is 0 Å². The van der Waals surface area contributed by atoms with Crippen molar-refractivity contribution in [3.05, 3.63) is 53.1 Å². The van der Waals surface area contributed by atoms with Crippen molar-refractivity contribution in [2.24, 2.45) is 0 Å². The molecule has 0 spiro atoms. The Bertz CT molecular complexity index is 728. The second-order valence-electron chi connectivity index (χ2n) is 4.64. The molecule has 0 fully saturated rings. The van der Waals surface area contributed by atoms with Gasteiger partial charge in [0.15, 0.2) is 0 Å². The Kier molecular flexibility index (Phi) is 4.75. The first-order valence-corrected chi connectivity index (χ1v) is 8.41. The predicted octanol–water partition coefficient (Wildman–Crippen LogP) is 3.88. The number of nitrogens with one attached hydrogen (secondary N) is 2. The van der Waals surface area contributed by atoms with Crippen molar-refractivity contribution in [1.29, 1.82) is 0 Å². The van der Waals surface area contributed by atoms with Gasteiger partial charge in [-0.05, 0) is 55.8 Å². The maximum Gasteiger partial charge on any atom is 0.261 e. The Morgan fingerprint density at radius 2 is 1.76 bits per heavy atom. The quantitative estimate of drug-likeness (QED) is 0.877. The standard InChI is InChI=1S/C15H17ClN2O2S/c1-3-17-12-5-7-13(8-6-12)21(19,20)18-15-9-4-11(2)10-14(15)16/h4-10,17-18H,3H2,1-2H3. The van der Waals surface area contributed by atoms with Crippen LogP contribution in [-0.2, 0) is 10.0 Å². The molecule has 0 saturated carbocycles. The summed E-state index contributed by atoms with van der Waals surface area (Å²) < 4.78 is 27.1. The summed E-state index contributed by atoms with van der Waals surface area (Å²) in [5.74, 6) is 0. The van der Waals surface area contributed by atoms with Gasteiger partial charge in [0.2, 0.25) is 0 Å². The molecular formula is C15H17ClN2O2S. The molecule has 0 aliphatic heterocycles. The molecule has 6 heteroatoms. The molecule has 0 aromatic heterocycles. The summed E-state index contributed by atoms with van der Waals surface area (Å²) in [4.78, 5) is 0.195. The highest BCUT2D eigenvalue weighted by molar-refractivity contribution is 7.92. The minimum absolute atomic E-state index is 0.195. The monoisotopic (exact) mass is 324 g/mol.